The third-order valence-electron chi connectivity index (χ3n) is 5.44. The molecule has 1 heterocycles. The molecule has 2 rings (SSSR count). The minimum atomic E-state index is -0.349. The molecule has 1 aromatic rings. The minimum absolute atomic E-state index is 0.0829. The van der Waals surface area contributed by atoms with E-state index >= 15 is 0 Å². The summed E-state index contributed by atoms with van der Waals surface area (Å²) in [4.78, 5) is 14.8. The Kier molecular flexibility index (Phi) is 7.26. The number of benzene rings is 1. The SMILES string of the molecule is CCC(C)(CCO)NC(=O)NC1CCN(Cc2ccccc2)C(C)C1. The second-order valence-electron chi connectivity index (χ2n) is 7.51. The van der Waals surface area contributed by atoms with Gasteiger partial charge in [0.15, 0.2) is 0 Å². The van der Waals surface area contributed by atoms with Gasteiger partial charge < -0.3 is 15.7 Å². The molecule has 0 bridgehead atoms. The molecule has 5 heteroatoms. The van der Waals surface area contributed by atoms with E-state index in [1.807, 2.05) is 19.9 Å². The molecule has 3 unspecified atom stereocenters. The van der Waals surface area contributed by atoms with Crippen molar-refractivity contribution in [3.05, 3.63) is 35.9 Å². The number of piperidine rings is 1. The molecule has 5 nitrogen and oxygen atoms in total. The van der Waals surface area contributed by atoms with Crippen LogP contribution in [0.5, 0.6) is 0 Å². The largest absolute Gasteiger partial charge is 0.396 e. The molecule has 1 aliphatic heterocycles. The van der Waals surface area contributed by atoms with Crippen molar-refractivity contribution in [2.24, 2.45) is 0 Å². The summed E-state index contributed by atoms with van der Waals surface area (Å²) in [5.74, 6) is 0. The van der Waals surface area contributed by atoms with Crippen LogP contribution in [0, 0.1) is 0 Å². The zero-order chi connectivity index (χ0) is 18.3. The van der Waals surface area contributed by atoms with Crippen molar-refractivity contribution in [1.82, 2.24) is 15.5 Å². The summed E-state index contributed by atoms with van der Waals surface area (Å²) in [7, 11) is 0. The lowest BCUT2D eigenvalue weighted by atomic mass is 9.95. The van der Waals surface area contributed by atoms with Crippen molar-refractivity contribution >= 4 is 6.03 Å². The molecule has 2 amide bonds. The van der Waals surface area contributed by atoms with Crippen LogP contribution in [0.3, 0.4) is 0 Å². The van der Waals surface area contributed by atoms with Crippen LogP contribution in [0.1, 0.15) is 52.0 Å². The average Bonchev–Trinajstić information content (AvgIpc) is 2.58. The van der Waals surface area contributed by atoms with Gasteiger partial charge in [-0.1, -0.05) is 37.3 Å². The summed E-state index contributed by atoms with van der Waals surface area (Å²) in [6.45, 7) is 8.28. The van der Waals surface area contributed by atoms with E-state index in [9.17, 15) is 9.90 Å². The van der Waals surface area contributed by atoms with Crippen LogP contribution >= 0.6 is 0 Å². The normalized spacial score (nSPS) is 23.7. The molecule has 140 valence electrons. The number of aliphatic hydroxyl groups is 1. The van der Waals surface area contributed by atoms with Gasteiger partial charge in [0.25, 0.3) is 0 Å². The molecule has 3 N–H and O–H groups in total. The maximum Gasteiger partial charge on any atom is 0.315 e. The Labute approximate surface area is 151 Å². The van der Waals surface area contributed by atoms with Crippen LogP contribution in [0.15, 0.2) is 30.3 Å². The highest BCUT2D eigenvalue weighted by Gasteiger charge is 2.28. The van der Waals surface area contributed by atoms with Crippen LogP contribution in [0.2, 0.25) is 0 Å². The highest BCUT2D eigenvalue weighted by Crippen LogP contribution is 2.20. The van der Waals surface area contributed by atoms with Crippen molar-refractivity contribution in [3.8, 4) is 0 Å². The van der Waals surface area contributed by atoms with Gasteiger partial charge in [0, 0.05) is 37.3 Å². The molecule has 3 atom stereocenters. The standard InChI is InChI=1S/C20H33N3O2/c1-4-20(3,11-13-24)22-19(25)21-18-10-12-23(16(2)14-18)15-17-8-6-5-7-9-17/h5-9,16,18,24H,4,10-15H2,1-3H3,(H2,21,22,25). The first-order valence-corrected chi connectivity index (χ1v) is 9.43. The third kappa shape index (κ3) is 6.01. The zero-order valence-electron chi connectivity index (χ0n) is 15.8. The first-order chi connectivity index (χ1) is 12.0. The number of likely N-dealkylation sites (tertiary alicyclic amines) is 1. The Bertz CT molecular complexity index is 537. The predicted molar refractivity (Wildman–Crippen MR) is 101 cm³/mol. The monoisotopic (exact) mass is 347 g/mol. The summed E-state index contributed by atoms with van der Waals surface area (Å²) < 4.78 is 0. The summed E-state index contributed by atoms with van der Waals surface area (Å²) in [5.41, 5.74) is 0.986. The quantitative estimate of drug-likeness (QED) is 0.711. The van der Waals surface area contributed by atoms with Crippen molar-refractivity contribution < 1.29 is 9.90 Å². The lowest BCUT2D eigenvalue weighted by molar-refractivity contribution is 0.128. The first kappa shape index (κ1) is 19.7. The predicted octanol–water partition coefficient (Wildman–Crippen LogP) is 2.89. The maximum absolute atomic E-state index is 12.3. The number of amides is 2. The van der Waals surface area contributed by atoms with E-state index in [1.54, 1.807) is 0 Å². The molecule has 0 aliphatic carbocycles. The van der Waals surface area contributed by atoms with E-state index in [4.69, 9.17) is 0 Å². The zero-order valence-corrected chi connectivity index (χ0v) is 15.8. The van der Waals surface area contributed by atoms with Gasteiger partial charge in [-0.15, -0.1) is 0 Å². The first-order valence-electron chi connectivity index (χ1n) is 9.43. The van der Waals surface area contributed by atoms with E-state index in [0.29, 0.717) is 12.5 Å². The number of carbonyl (C=O) groups is 1. The molecule has 0 saturated carbocycles. The summed E-state index contributed by atoms with van der Waals surface area (Å²) in [6, 6.07) is 11.1. The maximum atomic E-state index is 12.3. The molecular weight excluding hydrogens is 314 g/mol. The van der Waals surface area contributed by atoms with Crippen molar-refractivity contribution in [1.29, 1.82) is 0 Å². The van der Waals surface area contributed by atoms with Crippen LogP contribution in [0.4, 0.5) is 4.79 Å². The Morgan fingerprint density at radius 2 is 2.08 bits per heavy atom. The van der Waals surface area contributed by atoms with Gasteiger partial charge in [0.05, 0.1) is 0 Å². The van der Waals surface area contributed by atoms with Gasteiger partial charge in [-0.2, -0.15) is 0 Å². The van der Waals surface area contributed by atoms with Crippen LogP contribution < -0.4 is 10.6 Å². The molecule has 1 aliphatic rings. The van der Waals surface area contributed by atoms with Gasteiger partial charge in [-0.05, 0) is 45.1 Å². The fourth-order valence-corrected chi connectivity index (χ4v) is 3.47. The van der Waals surface area contributed by atoms with Crippen molar-refractivity contribution in [3.63, 3.8) is 0 Å². The molecular formula is C20H33N3O2. The van der Waals surface area contributed by atoms with Gasteiger partial charge in [-0.25, -0.2) is 4.79 Å². The number of hydrogen-bond acceptors (Lipinski definition) is 3. The number of hydrogen-bond donors (Lipinski definition) is 3. The Balaban J connectivity index is 1.81. The number of nitrogens with one attached hydrogen (secondary N) is 2. The molecule has 0 aromatic heterocycles. The molecule has 25 heavy (non-hydrogen) atoms. The Hall–Kier alpha value is -1.59. The number of carbonyl (C=O) groups excluding carboxylic acids is 1. The van der Waals surface area contributed by atoms with E-state index in [1.165, 1.54) is 5.56 Å². The molecule has 0 radical (unpaired) electrons. The fraction of sp³-hybridized carbons (Fsp3) is 0.650. The summed E-state index contributed by atoms with van der Waals surface area (Å²) >= 11 is 0. The molecule has 0 spiro atoms. The van der Waals surface area contributed by atoms with E-state index in [-0.39, 0.29) is 24.2 Å². The van der Waals surface area contributed by atoms with Gasteiger partial charge in [0.2, 0.25) is 0 Å². The lowest BCUT2D eigenvalue weighted by Gasteiger charge is -2.38. The number of aliphatic hydroxyl groups excluding tert-OH is 1. The van der Waals surface area contributed by atoms with E-state index in [0.717, 1.165) is 32.4 Å². The van der Waals surface area contributed by atoms with Crippen molar-refractivity contribution in [2.75, 3.05) is 13.2 Å². The minimum Gasteiger partial charge on any atom is -0.396 e. The van der Waals surface area contributed by atoms with Gasteiger partial charge in [-0.3, -0.25) is 4.90 Å². The molecule has 1 aromatic carbocycles. The summed E-state index contributed by atoms with van der Waals surface area (Å²) in [6.07, 6.45) is 3.30. The summed E-state index contributed by atoms with van der Waals surface area (Å²) in [5, 5.41) is 15.3. The fourth-order valence-electron chi connectivity index (χ4n) is 3.47. The van der Waals surface area contributed by atoms with Gasteiger partial charge in [0.1, 0.15) is 0 Å². The smallest absolute Gasteiger partial charge is 0.315 e. The average molecular weight is 348 g/mol. The van der Waals surface area contributed by atoms with E-state index in [2.05, 4.69) is 46.7 Å². The number of rotatable bonds is 7. The second-order valence-corrected chi connectivity index (χ2v) is 7.51. The Morgan fingerprint density at radius 3 is 2.68 bits per heavy atom. The topological polar surface area (TPSA) is 64.6 Å². The lowest BCUT2D eigenvalue weighted by Crippen LogP contribution is -2.55. The highest BCUT2D eigenvalue weighted by molar-refractivity contribution is 5.75. The van der Waals surface area contributed by atoms with Crippen LogP contribution in [0.25, 0.3) is 0 Å². The van der Waals surface area contributed by atoms with Crippen molar-refractivity contribution in [2.45, 2.75) is 70.6 Å². The van der Waals surface area contributed by atoms with Crippen LogP contribution in [-0.4, -0.2) is 46.8 Å². The molecule has 1 fully saturated rings. The number of nitrogens with zero attached hydrogens (tertiary/aromatic N) is 1. The van der Waals surface area contributed by atoms with Gasteiger partial charge >= 0.3 is 6.03 Å². The Morgan fingerprint density at radius 1 is 1.36 bits per heavy atom. The highest BCUT2D eigenvalue weighted by atomic mass is 16.3. The van der Waals surface area contributed by atoms with E-state index < -0.39 is 0 Å². The third-order valence-corrected chi connectivity index (χ3v) is 5.44. The number of urea groups is 1. The van der Waals surface area contributed by atoms with Crippen LogP contribution in [-0.2, 0) is 6.54 Å². The molecule has 1 saturated heterocycles. The second kappa shape index (κ2) is 9.20.